The van der Waals surface area contributed by atoms with Crippen molar-refractivity contribution in [2.24, 2.45) is 0 Å². The molecule has 90 valence electrons. The van der Waals surface area contributed by atoms with E-state index in [9.17, 15) is 0 Å². The summed E-state index contributed by atoms with van der Waals surface area (Å²) in [5.74, 6) is 0. The third-order valence-corrected chi connectivity index (χ3v) is 3.52. The maximum Gasteiger partial charge on any atom is 0.136 e. The Morgan fingerprint density at radius 2 is 2.00 bits per heavy atom. The summed E-state index contributed by atoms with van der Waals surface area (Å²) < 4.78 is 5.56. The molecule has 3 nitrogen and oxygen atoms in total. The number of nitrogen functional groups attached to an aromatic ring is 1. The molecule has 3 heteroatoms. The minimum atomic E-state index is 0.761. The summed E-state index contributed by atoms with van der Waals surface area (Å²) in [5.41, 5.74) is 8.69. The molecule has 0 unspecified atom stereocenters. The predicted molar refractivity (Wildman–Crippen MR) is 69.8 cm³/mol. The average molecular weight is 230 g/mol. The highest BCUT2D eigenvalue weighted by molar-refractivity contribution is 5.83. The molecule has 0 atom stereocenters. The molecule has 2 N–H and O–H groups in total. The summed E-state index contributed by atoms with van der Waals surface area (Å²) in [6.45, 7) is 3.42. The van der Waals surface area contributed by atoms with Crippen LogP contribution in [0.4, 0.5) is 5.69 Å². The van der Waals surface area contributed by atoms with Crippen molar-refractivity contribution in [2.45, 2.75) is 25.8 Å². The second kappa shape index (κ2) is 4.41. The predicted octanol–water partition coefficient (Wildman–Crippen LogP) is 3.00. The molecule has 17 heavy (non-hydrogen) atoms. The van der Waals surface area contributed by atoms with Crippen LogP contribution in [0.5, 0.6) is 0 Å². The molecule has 1 aromatic heterocycles. The normalized spacial score (nSPS) is 17.6. The Bertz CT molecular complexity index is 512. The number of benzene rings is 1. The number of piperidine rings is 1. The zero-order valence-electron chi connectivity index (χ0n) is 9.98. The molecule has 0 saturated carbocycles. The van der Waals surface area contributed by atoms with E-state index in [4.69, 9.17) is 10.2 Å². The zero-order valence-corrected chi connectivity index (χ0v) is 9.98. The lowest BCUT2D eigenvalue weighted by Crippen LogP contribution is -2.28. The second-order valence-corrected chi connectivity index (χ2v) is 4.85. The van der Waals surface area contributed by atoms with Gasteiger partial charge in [-0.1, -0.05) is 6.42 Å². The van der Waals surface area contributed by atoms with Crippen LogP contribution in [-0.4, -0.2) is 18.0 Å². The number of hydrogen-bond acceptors (Lipinski definition) is 3. The molecule has 0 aliphatic carbocycles. The average Bonchev–Trinajstić information content (AvgIpc) is 2.73. The molecule has 1 aromatic carbocycles. The number of furan rings is 1. The van der Waals surface area contributed by atoms with Gasteiger partial charge in [-0.3, -0.25) is 4.90 Å². The highest BCUT2D eigenvalue weighted by Crippen LogP contribution is 2.25. The molecule has 2 aromatic rings. The minimum Gasteiger partial charge on any atom is -0.464 e. The van der Waals surface area contributed by atoms with E-state index in [2.05, 4.69) is 11.0 Å². The lowest BCUT2D eigenvalue weighted by atomic mass is 10.1. The van der Waals surface area contributed by atoms with Gasteiger partial charge in [0.05, 0.1) is 6.26 Å². The highest BCUT2D eigenvalue weighted by atomic mass is 16.3. The van der Waals surface area contributed by atoms with Crippen LogP contribution in [0.1, 0.15) is 24.8 Å². The van der Waals surface area contributed by atoms with Crippen molar-refractivity contribution in [3.05, 3.63) is 30.0 Å². The molecule has 1 aliphatic heterocycles. The number of nitrogens with two attached hydrogens (primary N) is 1. The second-order valence-electron chi connectivity index (χ2n) is 4.85. The largest absolute Gasteiger partial charge is 0.464 e. The van der Waals surface area contributed by atoms with Crippen LogP contribution in [0.25, 0.3) is 11.0 Å². The fourth-order valence-electron chi connectivity index (χ4n) is 2.58. The van der Waals surface area contributed by atoms with Crippen LogP contribution in [0, 0.1) is 0 Å². The molecule has 1 fully saturated rings. The van der Waals surface area contributed by atoms with Crippen LogP contribution in [-0.2, 0) is 6.54 Å². The molecule has 1 saturated heterocycles. The van der Waals surface area contributed by atoms with Gasteiger partial charge in [0.2, 0.25) is 0 Å². The Kier molecular flexibility index (Phi) is 2.77. The first-order chi connectivity index (χ1) is 8.33. The maximum absolute atomic E-state index is 5.75. The topological polar surface area (TPSA) is 42.4 Å². The van der Waals surface area contributed by atoms with Crippen molar-refractivity contribution in [1.82, 2.24) is 4.90 Å². The van der Waals surface area contributed by atoms with E-state index < -0.39 is 0 Å². The van der Waals surface area contributed by atoms with Gasteiger partial charge in [-0.15, -0.1) is 0 Å². The fourth-order valence-corrected chi connectivity index (χ4v) is 2.58. The molecule has 1 aliphatic rings. The molecule has 0 amide bonds. The van der Waals surface area contributed by atoms with Crippen LogP contribution in [0.15, 0.2) is 28.9 Å². The number of fused-ring (bicyclic) bond motifs is 1. The van der Waals surface area contributed by atoms with Gasteiger partial charge in [-0.05, 0) is 38.1 Å². The maximum atomic E-state index is 5.75. The number of hydrogen-bond donors (Lipinski definition) is 1. The van der Waals surface area contributed by atoms with Crippen molar-refractivity contribution < 1.29 is 4.42 Å². The summed E-state index contributed by atoms with van der Waals surface area (Å²) in [5, 5.41) is 1.20. The molecule has 0 spiro atoms. The van der Waals surface area contributed by atoms with Crippen molar-refractivity contribution >= 4 is 16.7 Å². The lowest BCUT2D eigenvalue weighted by Gasteiger charge is -2.25. The van der Waals surface area contributed by atoms with E-state index in [0.717, 1.165) is 17.8 Å². The molecule has 0 radical (unpaired) electrons. The number of rotatable bonds is 2. The Balaban J connectivity index is 1.84. The van der Waals surface area contributed by atoms with Crippen molar-refractivity contribution in [1.29, 1.82) is 0 Å². The first kappa shape index (κ1) is 10.7. The van der Waals surface area contributed by atoms with Gasteiger partial charge in [0.25, 0.3) is 0 Å². The number of nitrogens with zero attached hydrogens (tertiary/aromatic N) is 1. The van der Waals surface area contributed by atoms with Gasteiger partial charge in [0, 0.05) is 29.2 Å². The van der Waals surface area contributed by atoms with Crippen LogP contribution >= 0.6 is 0 Å². The van der Waals surface area contributed by atoms with Gasteiger partial charge in [0.1, 0.15) is 5.58 Å². The third kappa shape index (κ3) is 2.15. The molecule has 0 bridgehead atoms. The summed E-state index contributed by atoms with van der Waals surface area (Å²) >= 11 is 0. The van der Waals surface area contributed by atoms with E-state index in [1.807, 2.05) is 18.4 Å². The summed E-state index contributed by atoms with van der Waals surface area (Å²) in [4.78, 5) is 2.50. The van der Waals surface area contributed by atoms with E-state index in [0.29, 0.717) is 0 Å². The van der Waals surface area contributed by atoms with Gasteiger partial charge in [-0.2, -0.15) is 0 Å². The van der Waals surface area contributed by atoms with Crippen molar-refractivity contribution in [2.75, 3.05) is 18.8 Å². The Morgan fingerprint density at radius 3 is 2.82 bits per heavy atom. The van der Waals surface area contributed by atoms with E-state index in [1.54, 1.807) is 0 Å². The highest BCUT2D eigenvalue weighted by Gasteiger charge is 2.13. The third-order valence-electron chi connectivity index (χ3n) is 3.52. The zero-order chi connectivity index (χ0) is 11.7. The quantitative estimate of drug-likeness (QED) is 0.806. The Labute approximate surface area is 101 Å². The molecule has 3 rings (SSSR count). The minimum absolute atomic E-state index is 0.761. The molecule has 2 heterocycles. The van der Waals surface area contributed by atoms with E-state index in [1.165, 1.54) is 43.3 Å². The van der Waals surface area contributed by atoms with Gasteiger partial charge in [-0.25, -0.2) is 0 Å². The first-order valence-corrected chi connectivity index (χ1v) is 6.31. The fraction of sp³-hybridized carbons (Fsp3) is 0.429. The van der Waals surface area contributed by atoms with E-state index in [-0.39, 0.29) is 0 Å². The Morgan fingerprint density at radius 1 is 1.18 bits per heavy atom. The SMILES string of the molecule is Nc1ccc2c(CN3CCCCC3)coc2c1. The van der Waals surface area contributed by atoms with Crippen LogP contribution in [0.3, 0.4) is 0 Å². The van der Waals surface area contributed by atoms with Gasteiger partial charge < -0.3 is 10.2 Å². The molecular formula is C14H18N2O. The monoisotopic (exact) mass is 230 g/mol. The van der Waals surface area contributed by atoms with Crippen LogP contribution < -0.4 is 5.73 Å². The summed E-state index contributed by atoms with van der Waals surface area (Å²) in [7, 11) is 0. The number of likely N-dealkylation sites (tertiary alicyclic amines) is 1. The van der Waals surface area contributed by atoms with E-state index >= 15 is 0 Å². The molecular weight excluding hydrogens is 212 g/mol. The van der Waals surface area contributed by atoms with Gasteiger partial charge in [0.15, 0.2) is 0 Å². The standard InChI is InChI=1S/C14H18N2O/c15-12-4-5-13-11(10-17-14(13)8-12)9-16-6-2-1-3-7-16/h4-5,8,10H,1-3,6-7,9,15H2. The van der Waals surface area contributed by atoms with Crippen molar-refractivity contribution in [3.8, 4) is 0 Å². The van der Waals surface area contributed by atoms with Gasteiger partial charge >= 0.3 is 0 Å². The van der Waals surface area contributed by atoms with Crippen LogP contribution in [0.2, 0.25) is 0 Å². The van der Waals surface area contributed by atoms with Crippen molar-refractivity contribution in [3.63, 3.8) is 0 Å². The lowest BCUT2D eigenvalue weighted by molar-refractivity contribution is 0.221. The summed E-state index contributed by atoms with van der Waals surface area (Å²) in [6, 6.07) is 5.90. The smallest absolute Gasteiger partial charge is 0.136 e. The Hall–Kier alpha value is -1.48. The first-order valence-electron chi connectivity index (χ1n) is 6.31. The summed E-state index contributed by atoms with van der Waals surface area (Å²) in [6.07, 6.45) is 5.89. The number of anilines is 1.